The lowest BCUT2D eigenvalue weighted by molar-refractivity contribution is 0.156. The van der Waals surface area contributed by atoms with Crippen molar-refractivity contribution in [3.63, 3.8) is 0 Å². The molecule has 0 atom stereocenters. The monoisotopic (exact) mass is 335 g/mol. The van der Waals surface area contributed by atoms with Gasteiger partial charge in [-0.15, -0.1) is 0 Å². The van der Waals surface area contributed by atoms with E-state index in [-0.39, 0.29) is 0 Å². The van der Waals surface area contributed by atoms with E-state index in [0.29, 0.717) is 0 Å². The summed E-state index contributed by atoms with van der Waals surface area (Å²) in [5.41, 5.74) is 2.23. The van der Waals surface area contributed by atoms with Crippen LogP contribution in [0.5, 0.6) is 0 Å². The Morgan fingerprint density at radius 3 is 2.85 bits per heavy atom. The highest BCUT2D eigenvalue weighted by Gasteiger charge is 2.21. The molecule has 1 saturated carbocycles. The average molecular weight is 336 g/mol. The average Bonchev–Trinajstić information content (AvgIpc) is 2.90. The summed E-state index contributed by atoms with van der Waals surface area (Å²) >= 11 is 3.60. The molecular formula is C16H22BrN3. The number of nitrogens with zero attached hydrogens (tertiary/aromatic N) is 3. The van der Waals surface area contributed by atoms with Crippen LogP contribution in [0.1, 0.15) is 37.8 Å². The lowest BCUT2D eigenvalue weighted by Gasteiger charge is -2.33. The first-order valence-corrected chi connectivity index (χ1v) is 8.71. The van der Waals surface area contributed by atoms with Gasteiger partial charge >= 0.3 is 0 Å². The highest BCUT2D eigenvalue weighted by atomic mass is 79.9. The predicted octanol–water partition coefficient (Wildman–Crippen LogP) is 3.86. The molecule has 1 fully saturated rings. The van der Waals surface area contributed by atoms with Crippen molar-refractivity contribution in [2.24, 2.45) is 0 Å². The molecule has 1 aliphatic carbocycles. The van der Waals surface area contributed by atoms with Crippen molar-refractivity contribution in [1.82, 2.24) is 14.3 Å². The van der Waals surface area contributed by atoms with E-state index in [1.165, 1.54) is 37.8 Å². The molecule has 0 amide bonds. The molecule has 2 aromatic heterocycles. The van der Waals surface area contributed by atoms with Gasteiger partial charge in [0.25, 0.3) is 0 Å². The van der Waals surface area contributed by atoms with Crippen LogP contribution in [0, 0.1) is 0 Å². The van der Waals surface area contributed by atoms with Crippen molar-refractivity contribution in [3.05, 3.63) is 36.3 Å². The zero-order chi connectivity index (χ0) is 13.8. The smallest absolute Gasteiger partial charge is 0.137 e. The van der Waals surface area contributed by atoms with Gasteiger partial charge in [0.1, 0.15) is 5.65 Å². The van der Waals surface area contributed by atoms with E-state index < -0.39 is 0 Å². The van der Waals surface area contributed by atoms with Gasteiger partial charge < -0.3 is 4.40 Å². The molecule has 3 rings (SSSR count). The van der Waals surface area contributed by atoms with Crippen LogP contribution in [0.25, 0.3) is 5.65 Å². The number of hydrogen-bond donors (Lipinski definition) is 0. The lowest BCUT2D eigenvalue weighted by atomic mass is 9.94. The Kier molecular flexibility index (Phi) is 4.73. The van der Waals surface area contributed by atoms with Crippen LogP contribution in [-0.2, 0) is 6.54 Å². The van der Waals surface area contributed by atoms with Gasteiger partial charge in [0.05, 0.1) is 5.69 Å². The number of rotatable bonds is 5. The molecule has 3 nitrogen and oxygen atoms in total. The molecule has 20 heavy (non-hydrogen) atoms. The molecule has 0 aromatic carbocycles. The van der Waals surface area contributed by atoms with E-state index in [0.717, 1.165) is 30.1 Å². The Morgan fingerprint density at radius 1 is 1.25 bits per heavy atom. The minimum absolute atomic E-state index is 0.742. The number of fused-ring (bicyclic) bond motifs is 1. The molecule has 0 N–H and O–H groups in total. The maximum Gasteiger partial charge on any atom is 0.137 e. The van der Waals surface area contributed by atoms with Gasteiger partial charge in [0.2, 0.25) is 0 Å². The summed E-state index contributed by atoms with van der Waals surface area (Å²) in [6.45, 7) is 2.08. The summed E-state index contributed by atoms with van der Waals surface area (Å²) in [6, 6.07) is 6.91. The van der Waals surface area contributed by atoms with Crippen molar-refractivity contribution >= 4 is 21.6 Å². The van der Waals surface area contributed by atoms with Gasteiger partial charge in [-0.25, -0.2) is 4.98 Å². The van der Waals surface area contributed by atoms with Crippen molar-refractivity contribution in [3.8, 4) is 0 Å². The Hall–Kier alpha value is -0.870. The van der Waals surface area contributed by atoms with Gasteiger partial charge in [-0.3, -0.25) is 4.90 Å². The van der Waals surface area contributed by atoms with Crippen molar-refractivity contribution in [1.29, 1.82) is 0 Å². The van der Waals surface area contributed by atoms with Crippen LogP contribution >= 0.6 is 15.9 Å². The second kappa shape index (κ2) is 6.72. The molecular weight excluding hydrogens is 314 g/mol. The number of alkyl halides is 1. The molecule has 2 aromatic rings. The number of pyridine rings is 1. The fraction of sp³-hybridized carbons (Fsp3) is 0.562. The fourth-order valence-electron chi connectivity index (χ4n) is 3.22. The third-order valence-electron chi connectivity index (χ3n) is 4.24. The molecule has 0 saturated heterocycles. The molecule has 0 aliphatic heterocycles. The quantitative estimate of drug-likeness (QED) is 0.773. The zero-order valence-corrected chi connectivity index (χ0v) is 13.4. The van der Waals surface area contributed by atoms with Crippen LogP contribution in [-0.4, -0.2) is 32.2 Å². The number of aromatic nitrogens is 2. The minimum atomic E-state index is 0.742. The number of halogens is 1. The Morgan fingerprint density at radius 2 is 2.10 bits per heavy atom. The van der Waals surface area contributed by atoms with Crippen molar-refractivity contribution < 1.29 is 0 Å². The second-order valence-corrected chi connectivity index (χ2v) is 6.44. The minimum Gasteiger partial charge on any atom is -0.307 e. The largest absolute Gasteiger partial charge is 0.307 e. The van der Waals surface area contributed by atoms with Crippen LogP contribution in [0.4, 0.5) is 0 Å². The van der Waals surface area contributed by atoms with E-state index in [4.69, 9.17) is 4.98 Å². The van der Waals surface area contributed by atoms with Gasteiger partial charge in [0, 0.05) is 36.9 Å². The van der Waals surface area contributed by atoms with Gasteiger partial charge in [-0.2, -0.15) is 0 Å². The number of hydrogen-bond acceptors (Lipinski definition) is 2. The van der Waals surface area contributed by atoms with E-state index in [1.54, 1.807) is 0 Å². The van der Waals surface area contributed by atoms with Crippen LogP contribution < -0.4 is 0 Å². The summed E-state index contributed by atoms with van der Waals surface area (Å²) in [7, 11) is 0. The summed E-state index contributed by atoms with van der Waals surface area (Å²) < 4.78 is 2.11. The Balaban J connectivity index is 1.74. The maximum atomic E-state index is 4.74. The standard InChI is InChI=1S/C16H22BrN3/c17-9-11-19(15-6-2-1-3-7-15)12-14-13-20-10-5-4-8-16(20)18-14/h4-5,8,10,13,15H,1-3,6-7,9,11-12H2. The molecule has 0 spiro atoms. The molecule has 0 bridgehead atoms. The summed E-state index contributed by atoms with van der Waals surface area (Å²) in [4.78, 5) is 7.34. The van der Waals surface area contributed by atoms with Gasteiger partial charge in [-0.05, 0) is 25.0 Å². The van der Waals surface area contributed by atoms with E-state index in [9.17, 15) is 0 Å². The molecule has 2 heterocycles. The second-order valence-electron chi connectivity index (χ2n) is 5.65. The SMILES string of the molecule is BrCCN(Cc1cn2ccccc2n1)C1CCCCC1. The highest BCUT2D eigenvalue weighted by Crippen LogP contribution is 2.24. The first-order chi connectivity index (χ1) is 9.86. The first kappa shape index (κ1) is 14.1. The molecule has 0 unspecified atom stereocenters. The van der Waals surface area contributed by atoms with Crippen LogP contribution in [0.15, 0.2) is 30.6 Å². The summed E-state index contributed by atoms with van der Waals surface area (Å²) in [5.74, 6) is 0. The van der Waals surface area contributed by atoms with Gasteiger partial charge in [0.15, 0.2) is 0 Å². The zero-order valence-electron chi connectivity index (χ0n) is 11.8. The van der Waals surface area contributed by atoms with Crippen LogP contribution in [0.2, 0.25) is 0 Å². The maximum absolute atomic E-state index is 4.74. The third-order valence-corrected chi connectivity index (χ3v) is 4.60. The molecule has 0 radical (unpaired) electrons. The van der Waals surface area contributed by atoms with Crippen molar-refractivity contribution in [2.75, 3.05) is 11.9 Å². The molecule has 4 heteroatoms. The van der Waals surface area contributed by atoms with E-state index >= 15 is 0 Å². The number of imidazole rings is 1. The Labute approximate surface area is 129 Å². The predicted molar refractivity (Wildman–Crippen MR) is 86.3 cm³/mol. The molecule has 1 aliphatic rings. The summed E-state index contributed by atoms with van der Waals surface area (Å²) in [5, 5.41) is 1.04. The van der Waals surface area contributed by atoms with Crippen molar-refractivity contribution in [2.45, 2.75) is 44.7 Å². The topological polar surface area (TPSA) is 20.5 Å². The summed E-state index contributed by atoms with van der Waals surface area (Å²) in [6.07, 6.45) is 11.1. The fourth-order valence-corrected chi connectivity index (χ4v) is 3.67. The van der Waals surface area contributed by atoms with Crippen LogP contribution in [0.3, 0.4) is 0 Å². The lowest BCUT2D eigenvalue weighted by Crippen LogP contribution is -2.37. The highest BCUT2D eigenvalue weighted by molar-refractivity contribution is 9.09. The third kappa shape index (κ3) is 3.23. The van der Waals surface area contributed by atoms with E-state index in [2.05, 4.69) is 49.8 Å². The molecule has 108 valence electrons. The Bertz CT molecular complexity index is 512. The van der Waals surface area contributed by atoms with Gasteiger partial charge in [-0.1, -0.05) is 41.3 Å². The van der Waals surface area contributed by atoms with E-state index in [1.807, 2.05) is 6.07 Å². The first-order valence-electron chi connectivity index (χ1n) is 7.59. The normalized spacial score (nSPS) is 17.1.